The van der Waals surface area contributed by atoms with Crippen LogP contribution >= 0.6 is 15.9 Å². The topological polar surface area (TPSA) is 27.1 Å². The van der Waals surface area contributed by atoms with E-state index >= 15 is 0 Å². The fourth-order valence-corrected chi connectivity index (χ4v) is 1.83. The smallest absolute Gasteiger partial charge is 0.104 e. The van der Waals surface area contributed by atoms with E-state index in [4.69, 9.17) is 4.74 Å². The Morgan fingerprint density at radius 1 is 1.75 bits per heavy atom. The van der Waals surface area contributed by atoms with E-state index in [1.54, 1.807) is 0 Å². The minimum absolute atomic E-state index is 0.653. The van der Waals surface area contributed by atoms with Gasteiger partial charge in [-0.25, -0.2) is 0 Å². The Kier molecular flexibility index (Phi) is 2.19. The fourth-order valence-electron chi connectivity index (χ4n) is 1.28. The van der Waals surface area contributed by atoms with Crippen LogP contribution in [0.1, 0.15) is 5.69 Å². The van der Waals surface area contributed by atoms with Crippen molar-refractivity contribution >= 4 is 15.9 Å². The number of aromatic nitrogens is 2. The van der Waals surface area contributed by atoms with Crippen LogP contribution in [-0.4, -0.2) is 23.0 Å². The maximum absolute atomic E-state index is 5.10. The van der Waals surface area contributed by atoms with E-state index in [1.165, 1.54) is 0 Å². The minimum Gasteiger partial charge on any atom is -0.381 e. The number of rotatable bonds is 2. The number of hydrogen-bond donors (Lipinski definition) is 0. The second kappa shape index (κ2) is 3.18. The van der Waals surface area contributed by atoms with Gasteiger partial charge in [-0.1, -0.05) is 0 Å². The van der Waals surface area contributed by atoms with E-state index in [1.807, 2.05) is 17.7 Å². The summed E-state index contributed by atoms with van der Waals surface area (Å²) in [5, 5.41) is 4.35. The predicted molar refractivity (Wildman–Crippen MR) is 49.0 cm³/mol. The first kappa shape index (κ1) is 8.26. The van der Waals surface area contributed by atoms with Crippen LogP contribution in [0.15, 0.2) is 10.7 Å². The molecule has 4 heteroatoms. The zero-order valence-corrected chi connectivity index (χ0v) is 8.54. The highest BCUT2D eigenvalue weighted by atomic mass is 79.9. The molecular formula is C8H11BrN2O. The minimum atomic E-state index is 0.653. The quantitative estimate of drug-likeness (QED) is 0.772. The first-order valence-corrected chi connectivity index (χ1v) is 4.82. The van der Waals surface area contributed by atoms with Gasteiger partial charge < -0.3 is 4.74 Å². The lowest BCUT2D eigenvalue weighted by atomic mass is 10.1. The van der Waals surface area contributed by atoms with Gasteiger partial charge >= 0.3 is 0 Å². The number of ether oxygens (including phenoxy) is 1. The van der Waals surface area contributed by atoms with E-state index in [0.29, 0.717) is 5.92 Å². The molecule has 0 unspecified atom stereocenters. The molecule has 0 amide bonds. The number of aryl methyl sites for hydroxylation is 1. The maximum Gasteiger partial charge on any atom is 0.104 e. The Bertz CT molecular complexity index is 281. The molecule has 0 atom stereocenters. The second-order valence-corrected chi connectivity index (χ2v) is 4.01. The molecule has 0 saturated carbocycles. The molecule has 2 rings (SSSR count). The van der Waals surface area contributed by atoms with Crippen molar-refractivity contribution < 1.29 is 4.74 Å². The van der Waals surface area contributed by atoms with Gasteiger partial charge in [0.25, 0.3) is 0 Å². The summed E-state index contributed by atoms with van der Waals surface area (Å²) < 4.78 is 8.15. The maximum atomic E-state index is 5.10. The van der Waals surface area contributed by atoms with Crippen molar-refractivity contribution in [2.24, 2.45) is 5.92 Å². The molecule has 1 aliphatic heterocycles. The largest absolute Gasteiger partial charge is 0.381 e. The zero-order valence-electron chi connectivity index (χ0n) is 6.96. The van der Waals surface area contributed by atoms with Gasteiger partial charge in [-0.15, -0.1) is 0 Å². The Labute approximate surface area is 79.8 Å². The lowest BCUT2D eigenvalue weighted by molar-refractivity contribution is -0.0411. The molecule has 66 valence electrons. The molecule has 1 fully saturated rings. The van der Waals surface area contributed by atoms with Gasteiger partial charge in [0.2, 0.25) is 0 Å². The zero-order chi connectivity index (χ0) is 8.55. The summed E-state index contributed by atoms with van der Waals surface area (Å²) in [6.45, 7) is 4.73. The summed E-state index contributed by atoms with van der Waals surface area (Å²) >= 11 is 3.46. The Morgan fingerprint density at radius 2 is 2.50 bits per heavy atom. The molecule has 0 aromatic carbocycles. The van der Waals surface area contributed by atoms with Crippen molar-refractivity contribution in [1.82, 2.24) is 9.78 Å². The lowest BCUT2D eigenvalue weighted by Gasteiger charge is -2.25. The van der Waals surface area contributed by atoms with Gasteiger partial charge in [0, 0.05) is 12.5 Å². The van der Waals surface area contributed by atoms with Crippen molar-refractivity contribution in [3.63, 3.8) is 0 Å². The van der Waals surface area contributed by atoms with E-state index in [9.17, 15) is 0 Å². The van der Waals surface area contributed by atoms with Gasteiger partial charge in [0.05, 0.1) is 18.9 Å². The highest BCUT2D eigenvalue weighted by Gasteiger charge is 2.19. The van der Waals surface area contributed by atoms with E-state index in [2.05, 4.69) is 21.0 Å². The average Bonchev–Trinajstić information content (AvgIpc) is 2.21. The Morgan fingerprint density at radius 3 is 2.92 bits per heavy atom. The van der Waals surface area contributed by atoms with Crippen LogP contribution in [0, 0.1) is 12.8 Å². The molecule has 2 heterocycles. The van der Waals surface area contributed by atoms with Crippen LogP contribution in [0.4, 0.5) is 0 Å². The first-order chi connectivity index (χ1) is 5.75. The van der Waals surface area contributed by atoms with Gasteiger partial charge in [0.15, 0.2) is 0 Å². The molecule has 3 nitrogen and oxygen atoms in total. The van der Waals surface area contributed by atoms with Crippen molar-refractivity contribution in [2.75, 3.05) is 13.2 Å². The fraction of sp³-hybridized carbons (Fsp3) is 0.625. The summed E-state index contributed by atoms with van der Waals surface area (Å²) in [4.78, 5) is 0. The average molecular weight is 231 g/mol. The van der Waals surface area contributed by atoms with E-state index in [-0.39, 0.29) is 0 Å². The lowest BCUT2D eigenvalue weighted by Crippen LogP contribution is -2.31. The third-order valence-corrected chi connectivity index (χ3v) is 2.63. The molecule has 1 saturated heterocycles. The molecule has 0 bridgehead atoms. The normalized spacial score (nSPS) is 17.8. The van der Waals surface area contributed by atoms with Crippen LogP contribution < -0.4 is 0 Å². The van der Waals surface area contributed by atoms with Gasteiger partial charge in [0.1, 0.15) is 4.60 Å². The Hall–Kier alpha value is -0.350. The Balaban J connectivity index is 2.05. The van der Waals surface area contributed by atoms with Crippen molar-refractivity contribution in [3.8, 4) is 0 Å². The molecule has 12 heavy (non-hydrogen) atoms. The van der Waals surface area contributed by atoms with Gasteiger partial charge in [-0.3, -0.25) is 4.68 Å². The van der Waals surface area contributed by atoms with E-state index in [0.717, 1.165) is 30.1 Å². The molecule has 0 N–H and O–H groups in total. The molecule has 0 aliphatic carbocycles. The second-order valence-electron chi connectivity index (χ2n) is 3.19. The highest BCUT2D eigenvalue weighted by Crippen LogP contribution is 2.17. The molecule has 0 spiro atoms. The van der Waals surface area contributed by atoms with Crippen LogP contribution in [-0.2, 0) is 11.3 Å². The standard InChI is InChI=1S/C8H11BrN2O/c1-6-2-8(9)11(10-6)3-7-4-12-5-7/h2,7H,3-5H2,1H3. The number of halogens is 1. The van der Waals surface area contributed by atoms with Crippen LogP contribution in [0.25, 0.3) is 0 Å². The summed E-state index contributed by atoms with van der Waals surface area (Å²) in [6.07, 6.45) is 0. The van der Waals surface area contributed by atoms with Gasteiger partial charge in [-0.2, -0.15) is 5.10 Å². The van der Waals surface area contributed by atoms with Crippen LogP contribution in [0.2, 0.25) is 0 Å². The number of hydrogen-bond acceptors (Lipinski definition) is 2. The third-order valence-electron chi connectivity index (χ3n) is 1.99. The predicted octanol–water partition coefficient (Wildman–Crippen LogP) is 1.60. The molecule has 0 radical (unpaired) electrons. The third kappa shape index (κ3) is 1.54. The van der Waals surface area contributed by atoms with Crippen LogP contribution in [0.3, 0.4) is 0 Å². The SMILES string of the molecule is Cc1cc(Br)n(CC2COC2)n1. The monoisotopic (exact) mass is 230 g/mol. The summed E-state index contributed by atoms with van der Waals surface area (Å²) in [5.74, 6) is 0.653. The summed E-state index contributed by atoms with van der Waals surface area (Å²) in [7, 11) is 0. The van der Waals surface area contributed by atoms with Crippen molar-refractivity contribution in [1.29, 1.82) is 0 Å². The van der Waals surface area contributed by atoms with Gasteiger partial charge in [-0.05, 0) is 28.9 Å². The molecular weight excluding hydrogens is 220 g/mol. The van der Waals surface area contributed by atoms with Crippen LogP contribution in [0.5, 0.6) is 0 Å². The summed E-state index contributed by atoms with van der Waals surface area (Å²) in [5.41, 5.74) is 1.06. The molecule has 1 aliphatic rings. The number of nitrogens with zero attached hydrogens (tertiary/aromatic N) is 2. The van der Waals surface area contributed by atoms with Crippen molar-refractivity contribution in [3.05, 3.63) is 16.4 Å². The van der Waals surface area contributed by atoms with Crippen molar-refractivity contribution in [2.45, 2.75) is 13.5 Å². The molecule has 1 aromatic heterocycles. The van der Waals surface area contributed by atoms with E-state index < -0.39 is 0 Å². The first-order valence-electron chi connectivity index (χ1n) is 4.03. The summed E-state index contributed by atoms with van der Waals surface area (Å²) in [6, 6.07) is 2.03. The highest BCUT2D eigenvalue weighted by molar-refractivity contribution is 9.10. The molecule has 1 aromatic rings.